The second kappa shape index (κ2) is 8.37. The van der Waals surface area contributed by atoms with Crippen molar-refractivity contribution in [3.05, 3.63) is 35.4 Å². The molecule has 1 aromatic rings. The van der Waals surface area contributed by atoms with Crippen LogP contribution in [-0.2, 0) is 11.2 Å². The van der Waals surface area contributed by atoms with Crippen molar-refractivity contribution in [3.63, 3.8) is 0 Å². The normalized spacial score (nSPS) is 15.7. The summed E-state index contributed by atoms with van der Waals surface area (Å²) in [5.74, 6) is 0.141. The number of amides is 3. The van der Waals surface area contributed by atoms with E-state index in [9.17, 15) is 9.59 Å². The Hall–Kier alpha value is -2.04. The molecule has 0 saturated carbocycles. The maximum absolute atomic E-state index is 12.6. The predicted molar refractivity (Wildman–Crippen MR) is 101 cm³/mol. The van der Waals surface area contributed by atoms with Gasteiger partial charge in [-0.25, -0.2) is 4.79 Å². The molecule has 138 valence electrons. The minimum Gasteiger partial charge on any atom is -0.341 e. The molecule has 0 unspecified atom stereocenters. The topological polar surface area (TPSA) is 52.7 Å². The summed E-state index contributed by atoms with van der Waals surface area (Å²) in [6.07, 6.45) is 1.25. The average Bonchev–Trinajstić information content (AvgIpc) is 2.78. The van der Waals surface area contributed by atoms with Crippen LogP contribution < -0.4 is 5.32 Å². The Labute approximate surface area is 151 Å². The summed E-state index contributed by atoms with van der Waals surface area (Å²) in [4.78, 5) is 28.6. The lowest BCUT2D eigenvalue weighted by Crippen LogP contribution is -2.45. The number of nitrogens with one attached hydrogen (secondary N) is 1. The molecule has 1 heterocycles. The summed E-state index contributed by atoms with van der Waals surface area (Å²) >= 11 is 0. The Bertz CT molecular complexity index is 607. The molecule has 0 spiro atoms. The molecule has 1 aliphatic rings. The maximum Gasteiger partial charge on any atom is 0.317 e. The molecule has 1 N–H and O–H groups in total. The third-order valence-corrected chi connectivity index (χ3v) is 4.34. The van der Waals surface area contributed by atoms with Gasteiger partial charge in [0.05, 0.1) is 6.42 Å². The molecule has 0 aromatic heterocycles. The van der Waals surface area contributed by atoms with Crippen LogP contribution in [0.2, 0.25) is 0 Å². The summed E-state index contributed by atoms with van der Waals surface area (Å²) in [6.45, 7) is 11.6. The number of rotatable bonds is 3. The van der Waals surface area contributed by atoms with Crippen LogP contribution in [0.25, 0.3) is 0 Å². The van der Waals surface area contributed by atoms with Gasteiger partial charge in [0.1, 0.15) is 0 Å². The molecule has 0 aliphatic carbocycles. The van der Waals surface area contributed by atoms with Crippen LogP contribution in [0.3, 0.4) is 0 Å². The van der Waals surface area contributed by atoms with Gasteiger partial charge in [-0.05, 0) is 24.3 Å². The van der Waals surface area contributed by atoms with Crippen molar-refractivity contribution in [3.8, 4) is 0 Å². The largest absolute Gasteiger partial charge is 0.341 e. The van der Waals surface area contributed by atoms with Gasteiger partial charge in [0, 0.05) is 32.7 Å². The van der Waals surface area contributed by atoms with Crippen molar-refractivity contribution in [2.75, 3.05) is 32.7 Å². The standard InChI is InChI=1S/C20H31N3O2/c1-16-7-5-8-17(13-16)14-18(24)22-9-6-10-23(12-11-22)19(25)21-15-20(2,3)4/h5,7-8,13H,6,9-12,14-15H2,1-4H3,(H,21,25). The van der Waals surface area contributed by atoms with Crippen molar-refractivity contribution in [2.45, 2.75) is 40.5 Å². The molecular formula is C20H31N3O2. The highest BCUT2D eigenvalue weighted by Crippen LogP contribution is 2.12. The predicted octanol–water partition coefficient (Wildman–Crippen LogP) is 2.83. The molecule has 1 aromatic carbocycles. The minimum atomic E-state index is -0.0251. The van der Waals surface area contributed by atoms with Crippen LogP contribution in [0.4, 0.5) is 4.79 Å². The van der Waals surface area contributed by atoms with Gasteiger partial charge in [0.2, 0.25) is 5.91 Å². The number of aryl methyl sites for hydroxylation is 1. The van der Waals surface area contributed by atoms with Crippen LogP contribution in [-0.4, -0.2) is 54.5 Å². The maximum atomic E-state index is 12.6. The van der Waals surface area contributed by atoms with Gasteiger partial charge in [0.15, 0.2) is 0 Å². The average molecular weight is 345 g/mol. The lowest BCUT2D eigenvalue weighted by atomic mass is 9.97. The fourth-order valence-electron chi connectivity index (χ4n) is 2.93. The number of carbonyl (C=O) groups is 2. The fourth-order valence-corrected chi connectivity index (χ4v) is 2.93. The quantitative estimate of drug-likeness (QED) is 0.916. The Morgan fingerprint density at radius 2 is 1.76 bits per heavy atom. The smallest absolute Gasteiger partial charge is 0.317 e. The molecule has 0 bridgehead atoms. The van der Waals surface area contributed by atoms with Gasteiger partial charge >= 0.3 is 6.03 Å². The first-order valence-corrected chi connectivity index (χ1v) is 9.11. The highest BCUT2D eigenvalue weighted by molar-refractivity contribution is 5.79. The van der Waals surface area contributed by atoms with Gasteiger partial charge in [-0.15, -0.1) is 0 Å². The van der Waals surface area contributed by atoms with Crippen molar-refractivity contribution < 1.29 is 9.59 Å². The Balaban J connectivity index is 1.86. The Morgan fingerprint density at radius 3 is 2.44 bits per heavy atom. The van der Waals surface area contributed by atoms with E-state index >= 15 is 0 Å². The molecule has 3 amide bonds. The first kappa shape index (κ1) is 19.3. The first-order chi connectivity index (χ1) is 11.7. The summed E-state index contributed by atoms with van der Waals surface area (Å²) in [6, 6.07) is 8.05. The molecule has 1 saturated heterocycles. The fraction of sp³-hybridized carbons (Fsp3) is 0.600. The number of carbonyl (C=O) groups excluding carboxylic acids is 2. The van der Waals surface area contributed by atoms with Crippen molar-refractivity contribution >= 4 is 11.9 Å². The number of hydrogen-bond acceptors (Lipinski definition) is 2. The molecule has 1 fully saturated rings. The number of nitrogens with zero attached hydrogens (tertiary/aromatic N) is 2. The first-order valence-electron chi connectivity index (χ1n) is 9.11. The van der Waals surface area contributed by atoms with E-state index in [1.54, 1.807) is 0 Å². The van der Waals surface area contributed by atoms with Gasteiger partial charge < -0.3 is 15.1 Å². The lowest BCUT2D eigenvalue weighted by Gasteiger charge is -2.25. The van der Waals surface area contributed by atoms with Crippen molar-refractivity contribution in [1.82, 2.24) is 15.1 Å². The monoisotopic (exact) mass is 345 g/mol. The molecule has 25 heavy (non-hydrogen) atoms. The van der Waals surface area contributed by atoms with Crippen LogP contribution >= 0.6 is 0 Å². The Kier molecular flexibility index (Phi) is 6.45. The van der Waals surface area contributed by atoms with Gasteiger partial charge in [0.25, 0.3) is 0 Å². The summed E-state index contributed by atoms with van der Waals surface area (Å²) < 4.78 is 0. The van der Waals surface area contributed by atoms with Gasteiger partial charge in [-0.2, -0.15) is 0 Å². The number of urea groups is 1. The van der Waals surface area contributed by atoms with E-state index in [2.05, 4.69) is 32.2 Å². The highest BCUT2D eigenvalue weighted by Gasteiger charge is 2.23. The van der Waals surface area contributed by atoms with E-state index in [0.717, 1.165) is 12.0 Å². The van der Waals surface area contributed by atoms with Crippen LogP contribution in [0, 0.1) is 12.3 Å². The zero-order chi connectivity index (χ0) is 18.4. The van der Waals surface area contributed by atoms with Crippen LogP contribution in [0.15, 0.2) is 24.3 Å². The summed E-state index contributed by atoms with van der Waals surface area (Å²) in [5.41, 5.74) is 2.29. The second-order valence-electron chi connectivity index (χ2n) is 8.11. The van der Waals surface area contributed by atoms with E-state index in [-0.39, 0.29) is 17.4 Å². The highest BCUT2D eigenvalue weighted by atomic mass is 16.2. The summed E-state index contributed by atoms with van der Waals surface area (Å²) in [7, 11) is 0. The van der Waals surface area contributed by atoms with Gasteiger partial charge in [-0.3, -0.25) is 4.79 Å². The molecule has 2 rings (SSSR count). The zero-order valence-corrected chi connectivity index (χ0v) is 16.0. The van der Waals surface area contributed by atoms with E-state index in [1.807, 2.05) is 34.9 Å². The minimum absolute atomic E-state index is 0.0251. The third kappa shape index (κ3) is 6.40. The third-order valence-electron chi connectivity index (χ3n) is 4.34. The molecular weight excluding hydrogens is 314 g/mol. The van der Waals surface area contributed by atoms with Crippen LogP contribution in [0.5, 0.6) is 0 Å². The molecule has 0 radical (unpaired) electrons. The zero-order valence-electron chi connectivity index (χ0n) is 16.0. The summed E-state index contributed by atoms with van der Waals surface area (Å²) in [5, 5.41) is 2.99. The SMILES string of the molecule is Cc1cccc(CC(=O)N2CCCN(C(=O)NCC(C)(C)C)CC2)c1. The van der Waals surface area contributed by atoms with Gasteiger partial charge in [-0.1, -0.05) is 50.6 Å². The van der Waals surface area contributed by atoms with E-state index in [0.29, 0.717) is 39.1 Å². The number of benzene rings is 1. The molecule has 5 heteroatoms. The van der Waals surface area contributed by atoms with Crippen molar-refractivity contribution in [2.24, 2.45) is 5.41 Å². The second-order valence-corrected chi connectivity index (χ2v) is 8.11. The molecule has 5 nitrogen and oxygen atoms in total. The van der Waals surface area contributed by atoms with Crippen LogP contribution in [0.1, 0.15) is 38.3 Å². The molecule has 0 atom stereocenters. The van der Waals surface area contributed by atoms with E-state index in [4.69, 9.17) is 0 Å². The lowest BCUT2D eigenvalue weighted by molar-refractivity contribution is -0.130. The molecule has 1 aliphatic heterocycles. The van der Waals surface area contributed by atoms with E-state index in [1.165, 1.54) is 5.56 Å². The van der Waals surface area contributed by atoms with Crippen molar-refractivity contribution in [1.29, 1.82) is 0 Å². The Morgan fingerprint density at radius 1 is 1.08 bits per heavy atom. The van der Waals surface area contributed by atoms with E-state index < -0.39 is 0 Å². The number of hydrogen-bond donors (Lipinski definition) is 1.